The SMILES string of the molecule is Cl.FC(F)(F)c1ccc(COC2CCNCC2)cc1. The van der Waals surface area contributed by atoms with Gasteiger partial charge in [-0.2, -0.15) is 13.2 Å². The van der Waals surface area contributed by atoms with E-state index < -0.39 is 11.7 Å². The van der Waals surface area contributed by atoms with Crippen LogP contribution in [-0.2, 0) is 17.5 Å². The lowest BCUT2D eigenvalue weighted by molar-refractivity contribution is -0.137. The van der Waals surface area contributed by atoms with E-state index in [-0.39, 0.29) is 18.5 Å². The van der Waals surface area contributed by atoms with E-state index in [1.54, 1.807) is 0 Å². The lowest BCUT2D eigenvalue weighted by atomic mass is 10.1. The number of ether oxygens (including phenoxy) is 1. The van der Waals surface area contributed by atoms with E-state index in [0.717, 1.165) is 43.6 Å². The number of hydrogen-bond acceptors (Lipinski definition) is 2. The van der Waals surface area contributed by atoms with Gasteiger partial charge in [-0.1, -0.05) is 12.1 Å². The Morgan fingerprint density at radius 3 is 2.21 bits per heavy atom. The van der Waals surface area contributed by atoms with Crippen LogP contribution in [0.1, 0.15) is 24.0 Å². The zero-order valence-corrected chi connectivity index (χ0v) is 11.2. The maximum atomic E-state index is 12.4. The Morgan fingerprint density at radius 1 is 1.11 bits per heavy atom. The number of nitrogens with one attached hydrogen (secondary N) is 1. The van der Waals surface area contributed by atoms with Gasteiger partial charge in [0.1, 0.15) is 0 Å². The van der Waals surface area contributed by atoms with Crippen molar-refractivity contribution in [2.75, 3.05) is 13.1 Å². The van der Waals surface area contributed by atoms with Gasteiger partial charge in [0.15, 0.2) is 0 Å². The summed E-state index contributed by atoms with van der Waals surface area (Å²) >= 11 is 0. The normalized spacial score (nSPS) is 17.0. The van der Waals surface area contributed by atoms with Crippen molar-refractivity contribution in [1.29, 1.82) is 0 Å². The fourth-order valence-electron chi connectivity index (χ4n) is 1.97. The van der Waals surface area contributed by atoms with Gasteiger partial charge >= 0.3 is 6.18 Å². The number of hydrogen-bond donors (Lipinski definition) is 1. The zero-order chi connectivity index (χ0) is 13.0. The van der Waals surface area contributed by atoms with Crippen molar-refractivity contribution >= 4 is 12.4 Å². The summed E-state index contributed by atoms with van der Waals surface area (Å²) in [7, 11) is 0. The predicted molar refractivity (Wildman–Crippen MR) is 69.4 cm³/mol. The molecule has 1 aliphatic heterocycles. The number of piperidine rings is 1. The molecular formula is C13H17ClF3NO. The quantitative estimate of drug-likeness (QED) is 0.923. The Morgan fingerprint density at radius 2 is 1.68 bits per heavy atom. The largest absolute Gasteiger partial charge is 0.416 e. The van der Waals surface area contributed by atoms with Gasteiger partial charge < -0.3 is 10.1 Å². The molecule has 1 aromatic carbocycles. The second-order valence-corrected chi connectivity index (χ2v) is 4.46. The molecule has 2 nitrogen and oxygen atoms in total. The van der Waals surface area contributed by atoms with Crippen LogP contribution in [0.3, 0.4) is 0 Å². The number of rotatable bonds is 3. The third-order valence-electron chi connectivity index (χ3n) is 3.05. The van der Waals surface area contributed by atoms with Gasteiger partial charge in [-0.25, -0.2) is 0 Å². The third kappa shape index (κ3) is 5.01. The van der Waals surface area contributed by atoms with E-state index in [9.17, 15) is 13.2 Å². The van der Waals surface area contributed by atoms with Crippen LogP contribution in [0, 0.1) is 0 Å². The molecule has 1 heterocycles. The van der Waals surface area contributed by atoms with Crippen LogP contribution in [0.5, 0.6) is 0 Å². The van der Waals surface area contributed by atoms with Crippen molar-refractivity contribution in [1.82, 2.24) is 5.32 Å². The van der Waals surface area contributed by atoms with Crippen LogP contribution in [0.4, 0.5) is 13.2 Å². The van der Waals surface area contributed by atoms with Gasteiger partial charge in [-0.3, -0.25) is 0 Å². The highest BCUT2D eigenvalue weighted by Crippen LogP contribution is 2.29. The first-order valence-corrected chi connectivity index (χ1v) is 6.04. The average Bonchev–Trinajstić information content (AvgIpc) is 2.37. The Hall–Kier alpha value is -0.780. The molecule has 6 heteroatoms. The van der Waals surface area contributed by atoms with Crippen molar-refractivity contribution in [3.05, 3.63) is 35.4 Å². The summed E-state index contributed by atoms with van der Waals surface area (Å²) in [5, 5.41) is 3.23. The van der Waals surface area contributed by atoms with Crippen LogP contribution in [0.2, 0.25) is 0 Å². The molecule has 0 atom stereocenters. The van der Waals surface area contributed by atoms with Crippen LogP contribution in [-0.4, -0.2) is 19.2 Å². The van der Waals surface area contributed by atoms with Crippen LogP contribution < -0.4 is 5.32 Å². The maximum absolute atomic E-state index is 12.4. The first kappa shape index (κ1) is 16.3. The van der Waals surface area contributed by atoms with Crippen molar-refractivity contribution in [3.63, 3.8) is 0 Å². The Balaban J connectivity index is 0.00000180. The Labute approximate surface area is 116 Å². The molecule has 0 amide bonds. The van der Waals surface area contributed by atoms with Gasteiger partial charge in [-0.05, 0) is 43.6 Å². The summed E-state index contributed by atoms with van der Waals surface area (Å²) in [4.78, 5) is 0. The van der Waals surface area contributed by atoms with E-state index in [1.807, 2.05) is 0 Å². The van der Waals surface area contributed by atoms with Crippen molar-refractivity contribution in [2.24, 2.45) is 0 Å². The van der Waals surface area contributed by atoms with Crippen molar-refractivity contribution in [2.45, 2.75) is 31.7 Å². The fourth-order valence-corrected chi connectivity index (χ4v) is 1.97. The first-order chi connectivity index (χ1) is 8.55. The van der Waals surface area contributed by atoms with E-state index in [0.29, 0.717) is 6.61 Å². The summed E-state index contributed by atoms with van der Waals surface area (Å²) in [6.45, 7) is 2.26. The maximum Gasteiger partial charge on any atom is 0.416 e. The molecule has 108 valence electrons. The molecule has 0 spiro atoms. The molecule has 0 saturated carbocycles. The molecule has 0 bridgehead atoms. The molecule has 1 saturated heterocycles. The summed E-state index contributed by atoms with van der Waals surface area (Å²) < 4.78 is 42.7. The van der Waals surface area contributed by atoms with Crippen molar-refractivity contribution in [3.8, 4) is 0 Å². The van der Waals surface area contributed by atoms with Gasteiger partial charge in [0, 0.05) is 0 Å². The number of benzene rings is 1. The minimum atomic E-state index is -4.27. The smallest absolute Gasteiger partial charge is 0.373 e. The zero-order valence-electron chi connectivity index (χ0n) is 10.4. The molecule has 1 aromatic rings. The molecule has 0 aliphatic carbocycles. The van der Waals surface area contributed by atoms with E-state index in [1.165, 1.54) is 12.1 Å². The van der Waals surface area contributed by atoms with E-state index in [4.69, 9.17) is 4.74 Å². The topological polar surface area (TPSA) is 21.3 Å². The predicted octanol–water partition coefficient (Wildman–Crippen LogP) is 3.40. The highest BCUT2D eigenvalue weighted by Gasteiger charge is 2.29. The minimum Gasteiger partial charge on any atom is -0.373 e. The highest BCUT2D eigenvalue weighted by molar-refractivity contribution is 5.85. The summed E-state index contributed by atoms with van der Waals surface area (Å²) in [6, 6.07) is 5.15. The monoisotopic (exact) mass is 295 g/mol. The van der Waals surface area contributed by atoms with E-state index in [2.05, 4.69) is 5.32 Å². The third-order valence-corrected chi connectivity index (χ3v) is 3.05. The summed E-state index contributed by atoms with van der Waals surface area (Å²) in [5.41, 5.74) is 0.162. The average molecular weight is 296 g/mol. The lowest BCUT2D eigenvalue weighted by Gasteiger charge is -2.23. The van der Waals surface area contributed by atoms with Gasteiger partial charge in [0.2, 0.25) is 0 Å². The highest BCUT2D eigenvalue weighted by atomic mass is 35.5. The standard InChI is InChI=1S/C13H16F3NO.ClH/c14-13(15,16)11-3-1-10(2-4-11)9-18-12-5-7-17-8-6-12;/h1-4,12,17H,5-9H2;1H. The van der Waals surface area contributed by atoms with Gasteiger partial charge in [0.05, 0.1) is 18.3 Å². The summed E-state index contributed by atoms with van der Waals surface area (Å²) in [6.07, 6.45) is -2.14. The fraction of sp³-hybridized carbons (Fsp3) is 0.538. The van der Waals surface area contributed by atoms with Crippen LogP contribution >= 0.6 is 12.4 Å². The number of alkyl halides is 3. The lowest BCUT2D eigenvalue weighted by Crippen LogP contribution is -2.32. The molecule has 2 rings (SSSR count). The second-order valence-electron chi connectivity index (χ2n) is 4.46. The molecular weight excluding hydrogens is 279 g/mol. The molecule has 1 fully saturated rings. The van der Waals surface area contributed by atoms with Crippen LogP contribution in [0.25, 0.3) is 0 Å². The van der Waals surface area contributed by atoms with Gasteiger partial charge in [-0.15, -0.1) is 12.4 Å². The van der Waals surface area contributed by atoms with Gasteiger partial charge in [0.25, 0.3) is 0 Å². The summed E-state index contributed by atoms with van der Waals surface area (Å²) in [5.74, 6) is 0. The second kappa shape index (κ2) is 7.12. The molecule has 0 radical (unpaired) electrons. The Kier molecular flexibility index (Phi) is 6.10. The van der Waals surface area contributed by atoms with Crippen molar-refractivity contribution < 1.29 is 17.9 Å². The van der Waals surface area contributed by atoms with Crippen LogP contribution in [0.15, 0.2) is 24.3 Å². The van der Waals surface area contributed by atoms with E-state index >= 15 is 0 Å². The molecule has 19 heavy (non-hydrogen) atoms. The molecule has 0 aromatic heterocycles. The first-order valence-electron chi connectivity index (χ1n) is 6.04. The minimum absolute atomic E-state index is 0. The number of halogens is 4. The molecule has 1 N–H and O–H groups in total. The molecule has 0 unspecified atom stereocenters. The molecule has 1 aliphatic rings. The Bertz CT molecular complexity index is 374.